The monoisotopic (exact) mass is 505 g/mol. The third kappa shape index (κ3) is 4.76. The van der Waals surface area contributed by atoms with E-state index in [1.165, 1.54) is 17.3 Å². The Bertz CT molecular complexity index is 1380. The maximum Gasteiger partial charge on any atom is 0.267 e. The maximum atomic E-state index is 13.7. The number of pyridine rings is 1. The van der Waals surface area contributed by atoms with Crippen molar-refractivity contribution in [1.29, 1.82) is 0 Å². The fraction of sp³-hybridized carbons (Fsp3) is 0.308. The van der Waals surface area contributed by atoms with Gasteiger partial charge in [-0.2, -0.15) is 0 Å². The number of piperazine rings is 1. The van der Waals surface area contributed by atoms with Gasteiger partial charge in [-0.05, 0) is 37.1 Å². The first-order valence-electron chi connectivity index (χ1n) is 11.7. The van der Waals surface area contributed by atoms with E-state index in [1.54, 1.807) is 21.6 Å². The molecule has 1 amide bonds. The second-order valence-corrected chi connectivity index (χ2v) is 10.4. The van der Waals surface area contributed by atoms with Gasteiger partial charge in [0.15, 0.2) is 0 Å². The third-order valence-electron chi connectivity index (χ3n) is 6.37. The molecule has 5 rings (SSSR count). The highest BCUT2D eigenvalue weighted by atomic mass is 32.2. The molecule has 0 radical (unpaired) electrons. The molecule has 1 aromatic carbocycles. The summed E-state index contributed by atoms with van der Waals surface area (Å²) < 4.78 is 2.08. The molecular weight excluding hydrogens is 478 g/mol. The van der Waals surface area contributed by atoms with E-state index < -0.39 is 0 Å². The summed E-state index contributed by atoms with van der Waals surface area (Å²) in [7, 11) is 0. The number of hydrogen-bond donors (Lipinski definition) is 0. The van der Waals surface area contributed by atoms with Gasteiger partial charge in [-0.25, -0.2) is 4.98 Å². The number of nitrogens with zero attached hydrogens (tertiary/aromatic N) is 5. The Morgan fingerprint density at radius 2 is 1.80 bits per heavy atom. The van der Waals surface area contributed by atoms with Crippen LogP contribution in [0.2, 0.25) is 0 Å². The van der Waals surface area contributed by atoms with Crippen LogP contribution in [-0.4, -0.2) is 62.1 Å². The van der Waals surface area contributed by atoms with Crippen LogP contribution in [0.1, 0.15) is 23.6 Å². The zero-order chi connectivity index (χ0) is 24.5. The van der Waals surface area contributed by atoms with Crippen LogP contribution in [-0.2, 0) is 11.3 Å². The highest BCUT2D eigenvalue weighted by molar-refractivity contribution is 8.26. The van der Waals surface area contributed by atoms with E-state index in [0.717, 1.165) is 38.3 Å². The molecule has 2 aromatic heterocycles. The number of thiocarbonyl (C=S) groups is 1. The average Bonchev–Trinajstić information content (AvgIpc) is 3.14. The number of carbonyl (C=O) groups excluding carboxylic acids is 1. The van der Waals surface area contributed by atoms with Gasteiger partial charge in [0.05, 0.1) is 10.5 Å². The number of benzene rings is 1. The Morgan fingerprint density at radius 1 is 1.06 bits per heavy atom. The van der Waals surface area contributed by atoms with E-state index in [0.29, 0.717) is 32.8 Å². The maximum absolute atomic E-state index is 13.7. The molecule has 0 N–H and O–H groups in total. The van der Waals surface area contributed by atoms with E-state index in [9.17, 15) is 9.59 Å². The number of amides is 1. The molecule has 35 heavy (non-hydrogen) atoms. The van der Waals surface area contributed by atoms with Crippen molar-refractivity contribution in [3.05, 3.63) is 80.6 Å². The average molecular weight is 506 g/mol. The molecule has 2 aliphatic rings. The summed E-state index contributed by atoms with van der Waals surface area (Å²) in [6.07, 6.45) is 3.48. The molecule has 2 saturated heterocycles. The second-order valence-electron chi connectivity index (χ2n) is 8.76. The van der Waals surface area contributed by atoms with Gasteiger partial charge in [0.1, 0.15) is 15.8 Å². The van der Waals surface area contributed by atoms with Crippen LogP contribution in [0.25, 0.3) is 11.7 Å². The van der Waals surface area contributed by atoms with Crippen LogP contribution in [0.3, 0.4) is 0 Å². The summed E-state index contributed by atoms with van der Waals surface area (Å²) in [5, 5.41) is 0. The summed E-state index contributed by atoms with van der Waals surface area (Å²) in [4.78, 5) is 38.0. The van der Waals surface area contributed by atoms with Crippen LogP contribution in [0, 0.1) is 6.92 Å². The lowest BCUT2D eigenvalue weighted by Gasteiger charge is -2.36. The Balaban J connectivity index is 1.50. The van der Waals surface area contributed by atoms with Crippen molar-refractivity contribution in [2.75, 3.05) is 37.6 Å². The molecule has 0 bridgehead atoms. The first-order valence-corrected chi connectivity index (χ1v) is 13.0. The number of thioether (sulfide) groups is 1. The highest BCUT2D eigenvalue weighted by Crippen LogP contribution is 2.33. The lowest BCUT2D eigenvalue weighted by molar-refractivity contribution is -0.121. The molecule has 0 atom stereocenters. The number of carbonyl (C=O) groups is 1. The summed E-state index contributed by atoms with van der Waals surface area (Å²) in [6.45, 7) is 8.46. The van der Waals surface area contributed by atoms with Crippen molar-refractivity contribution < 1.29 is 4.79 Å². The minimum absolute atomic E-state index is 0.158. The quantitative estimate of drug-likeness (QED) is 0.388. The van der Waals surface area contributed by atoms with Gasteiger partial charge in [-0.15, -0.1) is 0 Å². The summed E-state index contributed by atoms with van der Waals surface area (Å²) in [5.74, 6) is 0.467. The van der Waals surface area contributed by atoms with Crippen LogP contribution in [0.15, 0.2) is 58.4 Å². The molecule has 4 heterocycles. The zero-order valence-electron chi connectivity index (χ0n) is 19.8. The number of aromatic nitrogens is 2. The SMILES string of the molecule is CCN1C(=O)/C(=C/c2c(N3CCN(Cc4ccccc4)CC3)nc3ccc(C)cn3c2=O)SC1=S. The Kier molecular flexibility index (Phi) is 6.73. The van der Waals surface area contributed by atoms with Gasteiger partial charge in [0, 0.05) is 45.5 Å². The topological polar surface area (TPSA) is 61.2 Å². The first kappa shape index (κ1) is 23.7. The normalized spacial score (nSPS) is 18.3. The lowest BCUT2D eigenvalue weighted by Crippen LogP contribution is -2.47. The smallest absolute Gasteiger partial charge is 0.267 e. The number of aryl methyl sites for hydroxylation is 1. The van der Waals surface area contributed by atoms with Crippen LogP contribution < -0.4 is 10.5 Å². The molecule has 2 fully saturated rings. The predicted octanol–water partition coefficient (Wildman–Crippen LogP) is 3.55. The van der Waals surface area contributed by atoms with Crippen molar-refractivity contribution in [3.8, 4) is 0 Å². The summed E-state index contributed by atoms with van der Waals surface area (Å²) in [5.41, 5.74) is 3.10. The molecule has 0 spiro atoms. The van der Waals surface area contributed by atoms with E-state index in [1.807, 2.05) is 32.0 Å². The predicted molar refractivity (Wildman–Crippen MR) is 146 cm³/mol. The van der Waals surface area contributed by atoms with E-state index in [2.05, 4.69) is 34.1 Å². The first-order chi connectivity index (χ1) is 16.9. The number of likely N-dealkylation sites (N-methyl/N-ethyl adjacent to an activating group) is 1. The molecule has 2 aliphatic heterocycles. The van der Waals surface area contributed by atoms with Gasteiger partial charge >= 0.3 is 0 Å². The minimum Gasteiger partial charge on any atom is -0.353 e. The van der Waals surface area contributed by atoms with Crippen molar-refractivity contribution in [2.45, 2.75) is 20.4 Å². The van der Waals surface area contributed by atoms with E-state index in [4.69, 9.17) is 17.2 Å². The number of hydrogen-bond acceptors (Lipinski definition) is 7. The number of fused-ring (bicyclic) bond motifs is 1. The fourth-order valence-corrected chi connectivity index (χ4v) is 5.84. The number of rotatable bonds is 5. The molecule has 0 unspecified atom stereocenters. The van der Waals surface area contributed by atoms with Gasteiger partial charge < -0.3 is 4.90 Å². The Labute approximate surface area is 214 Å². The van der Waals surface area contributed by atoms with Gasteiger partial charge in [0.2, 0.25) is 0 Å². The van der Waals surface area contributed by atoms with Crippen molar-refractivity contribution in [2.24, 2.45) is 0 Å². The standard InChI is InChI=1S/C26H27N5O2S2/c1-3-30-25(33)21(35-26(30)34)15-20-23(27-22-10-9-18(2)16-31(22)24(20)32)29-13-11-28(12-14-29)17-19-7-5-4-6-8-19/h4-10,15-16H,3,11-14,17H2,1-2H3/b21-15-. The molecule has 0 saturated carbocycles. The molecule has 180 valence electrons. The van der Waals surface area contributed by atoms with E-state index in [-0.39, 0.29) is 11.5 Å². The third-order valence-corrected chi connectivity index (χ3v) is 7.75. The van der Waals surface area contributed by atoms with Gasteiger partial charge in [-0.1, -0.05) is 60.4 Å². The largest absolute Gasteiger partial charge is 0.353 e. The Hall–Kier alpha value is -3.01. The Morgan fingerprint density at radius 3 is 2.49 bits per heavy atom. The van der Waals surface area contributed by atoms with Crippen LogP contribution in [0.4, 0.5) is 5.82 Å². The van der Waals surface area contributed by atoms with Crippen LogP contribution >= 0.6 is 24.0 Å². The number of anilines is 1. The highest BCUT2D eigenvalue weighted by Gasteiger charge is 2.32. The molecule has 7 nitrogen and oxygen atoms in total. The summed E-state index contributed by atoms with van der Waals surface area (Å²) in [6, 6.07) is 14.3. The summed E-state index contributed by atoms with van der Waals surface area (Å²) >= 11 is 6.62. The lowest BCUT2D eigenvalue weighted by atomic mass is 10.2. The molecule has 3 aromatic rings. The van der Waals surface area contributed by atoms with Crippen molar-refractivity contribution >= 4 is 51.7 Å². The van der Waals surface area contributed by atoms with Crippen LogP contribution in [0.5, 0.6) is 0 Å². The van der Waals surface area contributed by atoms with Crippen molar-refractivity contribution in [1.82, 2.24) is 19.2 Å². The van der Waals surface area contributed by atoms with E-state index >= 15 is 0 Å². The second kappa shape index (κ2) is 9.93. The fourth-order valence-electron chi connectivity index (χ4n) is 4.48. The molecular formula is C26H27N5O2S2. The minimum atomic E-state index is -0.179. The van der Waals surface area contributed by atoms with Gasteiger partial charge in [0.25, 0.3) is 11.5 Å². The zero-order valence-corrected chi connectivity index (χ0v) is 21.4. The van der Waals surface area contributed by atoms with Crippen molar-refractivity contribution in [3.63, 3.8) is 0 Å². The molecule has 0 aliphatic carbocycles. The molecule has 9 heteroatoms. The van der Waals surface area contributed by atoms with Gasteiger partial charge in [-0.3, -0.25) is 23.8 Å².